The maximum atomic E-state index is 13.0. The maximum absolute atomic E-state index is 13.0. The number of hydrogen-bond acceptors (Lipinski definition) is 2. The average Bonchev–Trinajstić information content (AvgIpc) is 2.01. The monoisotopic (exact) mass is 207 g/mol. The summed E-state index contributed by atoms with van der Waals surface area (Å²) in [6.45, 7) is -5.18. The zero-order valence-electron chi connectivity index (χ0n) is 7.64. The summed E-state index contributed by atoms with van der Waals surface area (Å²) in [7, 11) is 3.01. The first-order valence-electron chi connectivity index (χ1n) is 3.85. The molecule has 0 saturated carbocycles. The van der Waals surface area contributed by atoms with Gasteiger partial charge in [0.25, 0.3) is 0 Å². The molecule has 0 fully saturated rings. The normalized spacial score (nSPS) is 11.6. The minimum absolute atomic E-state index is 0.103. The van der Waals surface area contributed by atoms with E-state index in [9.17, 15) is 17.3 Å². The van der Waals surface area contributed by atoms with Crippen LogP contribution in [0.4, 0.5) is 23.2 Å². The number of nitrogens with zero attached hydrogens (tertiary/aromatic N) is 2. The topological polar surface area (TPSA) is 16.1 Å². The minimum Gasteiger partial charge on any atom is -0.445 e. The van der Waals surface area contributed by atoms with Gasteiger partial charge in [-0.25, -0.2) is 9.37 Å². The van der Waals surface area contributed by atoms with Crippen LogP contribution in [0.25, 0.3) is 0 Å². The number of pyridine rings is 1. The Labute approximate surface area is 78.6 Å². The lowest BCUT2D eigenvalue weighted by atomic mass is 9.81. The van der Waals surface area contributed by atoms with Crippen LogP contribution in [-0.4, -0.2) is 26.1 Å². The van der Waals surface area contributed by atoms with Crippen LogP contribution >= 0.6 is 0 Å². The van der Waals surface area contributed by atoms with Gasteiger partial charge in [-0.3, -0.25) is 0 Å². The summed E-state index contributed by atoms with van der Waals surface area (Å²) in [5, 5.41) is 0. The van der Waals surface area contributed by atoms with Crippen LogP contribution in [0.5, 0.6) is 0 Å². The average molecular weight is 207 g/mol. The standard InChI is InChI=1S/C7H8BF4N2/c1-14(2)7-6(9)3-5(4-13-7)8(10,11)12/h3-4H,1-2H3/q-1. The van der Waals surface area contributed by atoms with Crippen LogP contribution in [0.1, 0.15) is 0 Å². The number of aromatic nitrogens is 1. The Balaban J connectivity index is 3.13. The van der Waals surface area contributed by atoms with Crippen molar-refractivity contribution < 1.29 is 17.3 Å². The van der Waals surface area contributed by atoms with Crippen LogP contribution in [0.3, 0.4) is 0 Å². The van der Waals surface area contributed by atoms with E-state index in [1.165, 1.54) is 19.0 Å². The van der Waals surface area contributed by atoms with E-state index >= 15 is 0 Å². The SMILES string of the molecule is CN(C)c1ncc([B-](F)(F)F)cc1F. The predicted octanol–water partition coefficient (Wildman–Crippen LogP) is 1.34. The molecule has 2 nitrogen and oxygen atoms in total. The quantitative estimate of drug-likeness (QED) is 0.537. The first-order valence-corrected chi connectivity index (χ1v) is 3.85. The lowest BCUT2D eigenvalue weighted by Crippen LogP contribution is -2.35. The molecule has 1 aromatic rings. The third-order valence-corrected chi connectivity index (χ3v) is 1.64. The Morgan fingerprint density at radius 2 is 1.86 bits per heavy atom. The molecule has 0 aliphatic rings. The molecule has 78 valence electrons. The second-order valence-electron chi connectivity index (χ2n) is 3.04. The van der Waals surface area contributed by atoms with Gasteiger partial charge < -0.3 is 17.8 Å². The molecule has 0 aromatic carbocycles. The smallest absolute Gasteiger partial charge is 0.445 e. The zero-order valence-corrected chi connectivity index (χ0v) is 7.64. The summed E-state index contributed by atoms with van der Waals surface area (Å²) in [5.41, 5.74) is -1.02. The molecule has 0 atom stereocenters. The Hall–Kier alpha value is -1.27. The third-order valence-electron chi connectivity index (χ3n) is 1.64. The van der Waals surface area contributed by atoms with Crippen molar-refractivity contribution in [3.05, 3.63) is 18.1 Å². The van der Waals surface area contributed by atoms with Gasteiger partial charge >= 0.3 is 6.98 Å². The van der Waals surface area contributed by atoms with Crippen molar-refractivity contribution in [1.82, 2.24) is 4.98 Å². The summed E-state index contributed by atoms with van der Waals surface area (Å²) in [6, 6.07) is 0.461. The van der Waals surface area contributed by atoms with Gasteiger partial charge in [0.1, 0.15) is 0 Å². The highest BCUT2D eigenvalue weighted by Crippen LogP contribution is 2.14. The molecule has 1 heterocycles. The first kappa shape index (κ1) is 10.8. The molecule has 14 heavy (non-hydrogen) atoms. The Bertz CT molecular complexity index is 337. The lowest BCUT2D eigenvalue weighted by Gasteiger charge is -2.17. The molecule has 0 amide bonds. The van der Waals surface area contributed by atoms with Crippen LogP contribution in [0.2, 0.25) is 0 Å². The van der Waals surface area contributed by atoms with Gasteiger partial charge in [0, 0.05) is 20.3 Å². The number of halogens is 4. The molecule has 0 bridgehead atoms. The van der Waals surface area contributed by atoms with Crippen molar-refractivity contribution in [2.75, 3.05) is 19.0 Å². The van der Waals surface area contributed by atoms with E-state index in [0.29, 0.717) is 12.3 Å². The molecule has 0 spiro atoms. The molecule has 7 heteroatoms. The second kappa shape index (κ2) is 3.47. The van der Waals surface area contributed by atoms with Crippen molar-refractivity contribution >= 4 is 18.3 Å². The highest BCUT2D eigenvalue weighted by molar-refractivity contribution is 6.73. The second-order valence-corrected chi connectivity index (χ2v) is 3.04. The van der Waals surface area contributed by atoms with Crippen molar-refractivity contribution in [2.24, 2.45) is 0 Å². The summed E-state index contributed by atoms with van der Waals surface area (Å²) in [4.78, 5) is 4.70. The van der Waals surface area contributed by atoms with Gasteiger partial charge in [0.15, 0.2) is 11.6 Å². The maximum Gasteiger partial charge on any atom is 0.511 e. The van der Waals surface area contributed by atoms with Gasteiger partial charge in [-0.2, -0.15) is 0 Å². The number of anilines is 1. The van der Waals surface area contributed by atoms with E-state index in [2.05, 4.69) is 4.98 Å². The van der Waals surface area contributed by atoms with E-state index < -0.39 is 18.3 Å². The molecule has 0 aliphatic carbocycles. The summed E-state index contributed by atoms with van der Waals surface area (Å²) >= 11 is 0. The van der Waals surface area contributed by atoms with Gasteiger partial charge in [0.05, 0.1) is 0 Å². The Morgan fingerprint density at radius 1 is 1.29 bits per heavy atom. The molecule has 1 aromatic heterocycles. The fourth-order valence-corrected chi connectivity index (χ4v) is 0.954. The molecule has 0 aliphatic heterocycles. The van der Waals surface area contributed by atoms with E-state index in [4.69, 9.17) is 0 Å². The fraction of sp³-hybridized carbons (Fsp3) is 0.286. The number of hydrogen-bond donors (Lipinski definition) is 0. The van der Waals surface area contributed by atoms with Gasteiger partial charge in [0.2, 0.25) is 0 Å². The predicted molar refractivity (Wildman–Crippen MR) is 47.2 cm³/mol. The van der Waals surface area contributed by atoms with Crippen LogP contribution < -0.4 is 10.4 Å². The van der Waals surface area contributed by atoms with Crippen LogP contribution in [0.15, 0.2) is 12.3 Å². The molecule has 0 unspecified atom stereocenters. The van der Waals surface area contributed by atoms with Gasteiger partial charge in [-0.1, -0.05) is 5.46 Å². The largest absolute Gasteiger partial charge is 0.511 e. The highest BCUT2D eigenvalue weighted by atomic mass is 19.4. The van der Waals surface area contributed by atoms with E-state index in [-0.39, 0.29) is 5.82 Å². The minimum atomic E-state index is -5.18. The zero-order chi connectivity index (χ0) is 10.9. The van der Waals surface area contributed by atoms with Crippen molar-refractivity contribution in [3.63, 3.8) is 0 Å². The highest BCUT2D eigenvalue weighted by Gasteiger charge is 2.27. The fourth-order valence-electron chi connectivity index (χ4n) is 0.954. The molecule has 0 radical (unpaired) electrons. The van der Waals surface area contributed by atoms with E-state index in [1.807, 2.05) is 0 Å². The molecule has 1 rings (SSSR count). The Kier molecular flexibility index (Phi) is 2.68. The summed E-state index contributed by atoms with van der Waals surface area (Å²) in [6.07, 6.45) is 0.637. The Morgan fingerprint density at radius 3 is 2.21 bits per heavy atom. The van der Waals surface area contributed by atoms with Crippen LogP contribution in [-0.2, 0) is 0 Å². The van der Waals surface area contributed by atoms with Gasteiger partial charge in [-0.15, -0.1) is 0 Å². The molecule has 0 N–H and O–H groups in total. The van der Waals surface area contributed by atoms with Crippen molar-refractivity contribution in [2.45, 2.75) is 0 Å². The van der Waals surface area contributed by atoms with E-state index in [0.717, 1.165) is 0 Å². The molecule has 0 saturated heterocycles. The molecular weight excluding hydrogens is 199 g/mol. The van der Waals surface area contributed by atoms with E-state index in [1.54, 1.807) is 0 Å². The van der Waals surface area contributed by atoms with Crippen LogP contribution in [0, 0.1) is 5.82 Å². The third kappa shape index (κ3) is 2.15. The van der Waals surface area contributed by atoms with Gasteiger partial charge in [-0.05, 0) is 6.07 Å². The van der Waals surface area contributed by atoms with Crippen molar-refractivity contribution in [1.29, 1.82) is 0 Å². The number of rotatable bonds is 2. The summed E-state index contributed by atoms with van der Waals surface area (Å²) in [5.74, 6) is -1.07. The molecular formula is C7H8BF4N2-. The first-order chi connectivity index (χ1) is 6.32. The summed E-state index contributed by atoms with van der Waals surface area (Å²) < 4.78 is 49.5. The van der Waals surface area contributed by atoms with Crippen molar-refractivity contribution in [3.8, 4) is 0 Å². The lowest BCUT2D eigenvalue weighted by molar-refractivity contribution is 0.499.